The number of pyridine rings is 1. The highest BCUT2D eigenvalue weighted by Crippen LogP contribution is 2.23. The predicted octanol–water partition coefficient (Wildman–Crippen LogP) is 3.29. The highest BCUT2D eigenvalue weighted by Gasteiger charge is 2.03. The average Bonchev–Trinajstić information content (AvgIpc) is 2.88. The molecule has 4 nitrogen and oxygen atoms in total. The van der Waals surface area contributed by atoms with E-state index >= 15 is 0 Å². The molecule has 3 aromatic rings. The van der Waals surface area contributed by atoms with Crippen molar-refractivity contribution in [1.29, 1.82) is 0 Å². The molecule has 2 heterocycles. The number of rotatable bonds is 4. The lowest BCUT2D eigenvalue weighted by molar-refractivity contribution is 1.08. The van der Waals surface area contributed by atoms with Crippen molar-refractivity contribution in [2.45, 2.75) is 10.9 Å². The number of hydrogen-bond donors (Lipinski definition) is 2. The van der Waals surface area contributed by atoms with Gasteiger partial charge in [-0.2, -0.15) is 0 Å². The van der Waals surface area contributed by atoms with E-state index in [-0.39, 0.29) is 0 Å². The smallest absolute Gasteiger partial charge is 0.166 e. The minimum absolute atomic E-state index is 0.872. The zero-order valence-corrected chi connectivity index (χ0v) is 11.4. The van der Waals surface area contributed by atoms with Gasteiger partial charge < -0.3 is 10.3 Å². The second-order valence-electron chi connectivity index (χ2n) is 4.15. The molecule has 0 spiro atoms. The van der Waals surface area contributed by atoms with Crippen molar-refractivity contribution in [1.82, 2.24) is 15.0 Å². The number of nitrogens with one attached hydrogen (secondary N) is 2. The number of aromatic nitrogens is 3. The number of para-hydroxylation sites is 2. The Bertz CT molecular complexity index is 659. The third-order valence-electron chi connectivity index (χ3n) is 2.82. The van der Waals surface area contributed by atoms with Crippen LogP contribution in [0.3, 0.4) is 0 Å². The summed E-state index contributed by atoms with van der Waals surface area (Å²) in [5.41, 5.74) is 3.32. The summed E-state index contributed by atoms with van der Waals surface area (Å²) in [6.45, 7) is 0. The fourth-order valence-electron chi connectivity index (χ4n) is 1.85. The van der Waals surface area contributed by atoms with E-state index in [0.717, 1.165) is 27.8 Å². The van der Waals surface area contributed by atoms with Crippen molar-refractivity contribution in [3.63, 3.8) is 0 Å². The van der Waals surface area contributed by atoms with Crippen LogP contribution in [-0.2, 0) is 5.75 Å². The molecule has 1 aromatic carbocycles. The molecular weight excluding hydrogens is 256 g/mol. The number of aromatic amines is 1. The van der Waals surface area contributed by atoms with Gasteiger partial charge in [0.2, 0.25) is 0 Å². The molecule has 0 aliphatic heterocycles. The standard InChI is InChI=1S/C14H14N4S/c1-15-13-8-10(6-7-16-13)9-19-14-17-11-4-2-3-5-12(11)18-14/h2-8H,9H2,1H3,(H,15,16)(H,17,18). The van der Waals surface area contributed by atoms with Crippen molar-refractivity contribution in [3.05, 3.63) is 48.2 Å². The maximum absolute atomic E-state index is 4.55. The Kier molecular flexibility index (Phi) is 3.37. The maximum Gasteiger partial charge on any atom is 0.166 e. The molecule has 19 heavy (non-hydrogen) atoms. The lowest BCUT2D eigenvalue weighted by Crippen LogP contribution is -1.92. The second-order valence-corrected chi connectivity index (χ2v) is 5.11. The van der Waals surface area contributed by atoms with E-state index in [0.29, 0.717) is 0 Å². The van der Waals surface area contributed by atoms with Gasteiger partial charge in [-0.05, 0) is 29.8 Å². The molecule has 0 saturated carbocycles. The molecule has 0 amide bonds. The first kappa shape index (κ1) is 12.0. The lowest BCUT2D eigenvalue weighted by Gasteiger charge is -2.02. The molecular formula is C14H14N4S. The van der Waals surface area contributed by atoms with E-state index in [9.17, 15) is 0 Å². The van der Waals surface area contributed by atoms with Crippen LogP contribution >= 0.6 is 11.8 Å². The van der Waals surface area contributed by atoms with Crippen molar-refractivity contribution in [3.8, 4) is 0 Å². The van der Waals surface area contributed by atoms with Crippen molar-refractivity contribution in [2.24, 2.45) is 0 Å². The molecule has 0 unspecified atom stereocenters. The third-order valence-corrected chi connectivity index (χ3v) is 3.77. The zero-order valence-electron chi connectivity index (χ0n) is 10.6. The molecule has 5 heteroatoms. The van der Waals surface area contributed by atoms with Crippen LogP contribution in [-0.4, -0.2) is 22.0 Å². The maximum atomic E-state index is 4.55. The van der Waals surface area contributed by atoms with E-state index in [2.05, 4.69) is 26.3 Å². The van der Waals surface area contributed by atoms with Crippen LogP contribution < -0.4 is 5.32 Å². The number of anilines is 1. The van der Waals surface area contributed by atoms with Crippen LogP contribution in [0.2, 0.25) is 0 Å². The van der Waals surface area contributed by atoms with Gasteiger partial charge in [-0.3, -0.25) is 0 Å². The van der Waals surface area contributed by atoms with E-state index in [1.54, 1.807) is 11.8 Å². The minimum Gasteiger partial charge on any atom is -0.373 e. The summed E-state index contributed by atoms with van der Waals surface area (Å²) in [6, 6.07) is 12.1. The summed E-state index contributed by atoms with van der Waals surface area (Å²) >= 11 is 1.70. The Hall–Kier alpha value is -2.01. The summed E-state index contributed by atoms with van der Waals surface area (Å²) < 4.78 is 0. The summed E-state index contributed by atoms with van der Waals surface area (Å²) in [6.07, 6.45) is 1.82. The molecule has 3 rings (SSSR count). The van der Waals surface area contributed by atoms with Crippen LogP contribution in [0.5, 0.6) is 0 Å². The summed E-state index contributed by atoms with van der Waals surface area (Å²) in [5.74, 6) is 1.76. The highest BCUT2D eigenvalue weighted by molar-refractivity contribution is 7.98. The van der Waals surface area contributed by atoms with Gasteiger partial charge in [0, 0.05) is 19.0 Å². The fourth-order valence-corrected chi connectivity index (χ4v) is 2.68. The fraction of sp³-hybridized carbons (Fsp3) is 0.143. The van der Waals surface area contributed by atoms with Gasteiger partial charge in [0.05, 0.1) is 11.0 Å². The molecule has 0 bridgehead atoms. The van der Waals surface area contributed by atoms with Crippen molar-refractivity contribution < 1.29 is 0 Å². The first-order valence-electron chi connectivity index (χ1n) is 6.05. The quantitative estimate of drug-likeness (QED) is 0.714. The Morgan fingerprint density at radius 2 is 2.16 bits per heavy atom. The van der Waals surface area contributed by atoms with Crippen LogP contribution in [0.4, 0.5) is 5.82 Å². The van der Waals surface area contributed by atoms with Crippen molar-refractivity contribution >= 4 is 28.6 Å². The Morgan fingerprint density at radius 3 is 3.00 bits per heavy atom. The van der Waals surface area contributed by atoms with Gasteiger partial charge in [-0.1, -0.05) is 23.9 Å². The number of hydrogen-bond acceptors (Lipinski definition) is 4. The number of imidazole rings is 1. The third kappa shape index (κ3) is 2.71. The Morgan fingerprint density at radius 1 is 1.26 bits per heavy atom. The van der Waals surface area contributed by atoms with Gasteiger partial charge in [-0.15, -0.1) is 0 Å². The van der Waals surface area contributed by atoms with Crippen molar-refractivity contribution in [2.75, 3.05) is 12.4 Å². The molecule has 0 atom stereocenters. The first-order valence-corrected chi connectivity index (χ1v) is 7.04. The molecule has 2 aromatic heterocycles. The highest BCUT2D eigenvalue weighted by atomic mass is 32.2. The number of benzene rings is 1. The van der Waals surface area contributed by atoms with Crippen LogP contribution in [0.15, 0.2) is 47.8 Å². The molecule has 0 fully saturated rings. The topological polar surface area (TPSA) is 53.6 Å². The SMILES string of the molecule is CNc1cc(CSc2nc3ccccc3[nH]2)ccn1. The van der Waals surface area contributed by atoms with Crippen LogP contribution in [0.25, 0.3) is 11.0 Å². The molecule has 0 aliphatic rings. The normalized spacial score (nSPS) is 10.8. The van der Waals surface area contributed by atoms with Crippen LogP contribution in [0, 0.1) is 0 Å². The molecule has 96 valence electrons. The van der Waals surface area contributed by atoms with E-state index in [4.69, 9.17) is 0 Å². The minimum atomic E-state index is 0.872. The first-order chi connectivity index (χ1) is 9.35. The predicted molar refractivity (Wildman–Crippen MR) is 79.4 cm³/mol. The molecule has 0 aliphatic carbocycles. The molecule has 2 N–H and O–H groups in total. The van der Waals surface area contributed by atoms with E-state index in [1.165, 1.54) is 5.56 Å². The second kappa shape index (κ2) is 5.32. The summed E-state index contributed by atoms with van der Waals surface area (Å²) in [4.78, 5) is 12.1. The monoisotopic (exact) mass is 270 g/mol. The van der Waals surface area contributed by atoms with Gasteiger partial charge >= 0.3 is 0 Å². The summed E-state index contributed by atoms with van der Waals surface area (Å²) in [5, 5.41) is 3.99. The Labute approximate surface area is 115 Å². The number of fused-ring (bicyclic) bond motifs is 1. The average molecular weight is 270 g/mol. The van der Waals surface area contributed by atoms with E-state index < -0.39 is 0 Å². The summed E-state index contributed by atoms with van der Waals surface area (Å²) in [7, 11) is 1.87. The number of H-pyrrole nitrogens is 1. The van der Waals surface area contributed by atoms with Crippen LogP contribution in [0.1, 0.15) is 5.56 Å². The van der Waals surface area contributed by atoms with Gasteiger partial charge in [0.1, 0.15) is 5.82 Å². The Balaban J connectivity index is 1.74. The van der Waals surface area contributed by atoms with Gasteiger partial charge in [0.25, 0.3) is 0 Å². The number of nitrogens with zero attached hydrogens (tertiary/aromatic N) is 2. The molecule has 0 radical (unpaired) electrons. The lowest BCUT2D eigenvalue weighted by atomic mass is 10.3. The largest absolute Gasteiger partial charge is 0.373 e. The van der Waals surface area contributed by atoms with Gasteiger partial charge in [0.15, 0.2) is 5.16 Å². The zero-order chi connectivity index (χ0) is 13.1. The van der Waals surface area contributed by atoms with E-state index in [1.807, 2.05) is 43.6 Å². The number of thioether (sulfide) groups is 1. The van der Waals surface area contributed by atoms with Gasteiger partial charge in [-0.25, -0.2) is 9.97 Å². The molecule has 0 saturated heterocycles.